The van der Waals surface area contributed by atoms with Crippen LogP contribution >= 0.6 is 0 Å². The van der Waals surface area contributed by atoms with Gasteiger partial charge in [-0.15, -0.1) is 0 Å². The Kier molecular flexibility index (Phi) is 5.93. The molecular formula is C9H18N2OS. The predicted molar refractivity (Wildman–Crippen MR) is 55.6 cm³/mol. The first-order valence-corrected chi connectivity index (χ1v) is 5.95. The summed E-state index contributed by atoms with van der Waals surface area (Å²) in [5.41, 5.74) is 5.37. The van der Waals surface area contributed by atoms with Crippen LogP contribution in [0.2, 0.25) is 0 Å². The van der Waals surface area contributed by atoms with Gasteiger partial charge in [0.15, 0.2) is 0 Å². The number of nitrogens with two attached hydrogens (primary N) is 1. The molecule has 4 heteroatoms. The van der Waals surface area contributed by atoms with E-state index in [9.17, 15) is 4.21 Å². The third kappa shape index (κ3) is 9.51. The average molecular weight is 202 g/mol. The molecule has 0 radical (unpaired) electrons. The molecule has 0 aromatic carbocycles. The van der Waals surface area contributed by atoms with E-state index in [0.29, 0.717) is 17.9 Å². The molecule has 0 saturated heterocycles. The molecular weight excluding hydrogens is 184 g/mol. The summed E-state index contributed by atoms with van der Waals surface area (Å²) in [6, 6.07) is 2.07. The molecule has 0 aromatic heterocycles. The molecule has 0 aromatic rings. The molecule has 0 aliphatic heterocycles. The van der Waals surface area contributed by atoms with Crippen LogP contribution < -0.4 is 5.73 Å². The Morgan fingerprint density at radius 2 is 2.08 bits per heavy atom. The summed E-state index contributed by atoms with van der Waals surface area (Å²) < 4.78 is 11.4. The maximum absolute atomic E-state index is 11.4. The maximum atomic E-state index is 11.4. The molecule has 0 heterocycles. The monoisotopic (exact) mass is 202 g/mol. The lowest BCUT2D eigenvalue weighted by Crippen LogP contribution is -2.38. The van der Waals surface area contributed by atoms with E-state index in [1.54, 1.807) is 0 Å². The lowest BCUT2D eigenvalue weighted by atomic mass is 10.1. The lowest BCUT2D eigenvalue weighted by Gasteiger charge is -2.17. The van der Waals surface area contributed by atoms with E-state index in [0.717, 1.165) is 12.8 Å². The normalized spacial score (nSPS) is 13.7. The van der Waals surface area contributed by atoms with Crippen molar-refractivity contribution in [2.45, 2.75) is 38.6 Å². The standard InChI is InChI=1S/C9H18N2OS/c1-9(2,11)8-13(12)7-5-3-4-6-10/h3-5,7-8,11H2,1-2H3. The summed E-state index contributed by atoms with van der Waals surface area (Å²) in [6.45, 7) is 3.75. The summed E-state index contributed by atoms with van der Waals surface area (Å²) >= 11 is 0. The van der Waals surface area contributed by atoms with E-state index in [-0.39, 0.29) is 5.54 Å². The Balaban J connectivity index is 3.48. The Hall–Kier alpha value is -0.400. The van der Waals surface area contributed by atoms with Gasteiger partial charge in [-0.25, -0.2) is 0 Å². The van der Waals surface area contributed by atoms with Crippen molar-refractivity contribution in [2.24, 2.45) is 5.73 Å². The lowest BCUT2D eigenvalue weighted by molar-refractivity contribution is 0.576. The van der Waals surface area contributed by atoms with E-state index in [1.807, 2.05) is 13.8 Å². The second-order valence-electron chi connectivity index (χ2n) is 3.89. The SMILES string of the molecule is CC(C)(N)CS(=O)CCCCC#N. The second-order valence-corrected chi connectivity index (χ2v) is 5.47. The minimum atomic E-state index is -0.827. The first-order chi connectivity index (χ1) is 5.95. The van der Waals surface area contributed by atoms with E-state index in [1.165, 1.54) is 0 Å². The van der Waals surface area contributed by atoms with Gasteiger partial charge in [-0.05, 0) is 26.7 Å². The minimum absolute atomic E-state index is 0.347. The first kappa shape index (κ1) is 12.6. The van der Waals surface area contributed by atoms with Crippen LogP contribution in [0.25, 0.3) is 0 Å². The quantitative estimate of drug-likeness (QED) is 0.657. The van der Waals surface area contributed by atoms with Crippen molar-refractivity contribution >= 4 is 10.8 Å². The third-order valence-electron chi connectivity index (χ3n) is 1.44. The largest absolute Gasteiger partial charge is 0.325 e. The molecule has 0 saturated carbocycles. The molecule has 76 valence electrons. The van der Waals surface area contributed by atoms with Crippen molar-refractivity contribution in [3.8, 4) is 6.07 Å². The second kappa shape index (κ2) is 6.11. The molecule has 0 aliphatic rings. The highest BCUT2D eigenvalue weighted by Gasteiger charge is 2.14. The number of hydrogen-bond acceptors (Lipinski definition) is 3. The molecule has 0 spiro atoms. The summed E-state index contributed by atoms with van der Waals surface area (Å²) in [7, 11) is -0.827. The van der Waals surface area contributed by atoms with Gasteiger partial charge in [0.05, 0.1) is 6.07 Å². The molecule has 1 atom stereocenters. The van der Waals surface area contributed by atoms with Crippen molar-refractivity contribution in [1.82, 2.24) is 0 Å². The van der Waals surface area contributed by atoms with E-state index in [4.69, 9.17) is 11.0 Å². The van der Waals surface area contributed by atoms with Crippen LogP contribution in [-0.2, 0) is 10.8 Å². The zero-order valence-electron chi connectivity index (χ0n) is 8.38. The molecule has 2 N–H and O–H groups in total. The molecule has 0 rings (SSSR count). The number of nitrogens with zero attached hydrogens (tertiary/aromatic N) is 1. The minimum Gasteiger partial charge on any atom is -0.325 e. The fourth-order valence-corrected chi connectivity index (χ4v) is 2.45. The summed E-state index contributed by atoms with van der Waals surface area (Å²) in [5, 5.41) is 8.27. The van der Waals surface area contributed by atoms with Crippen molar-refractivity contribution in [2.75, 3.05) is 11.5 Å². The Morgan fingerprint density at radius 3 is 2.54 bits per heavy atom. The summed E-state index contributed by atoms with van der Waals surface area (Å²) in [5.74, 6) is 1.21. The zero-order valence-corrected chi connectivity index (χ0v) is 9.19. The van der Waals surface area contributed by atoms with E-state index < -0.39 is 10.8 Å². The first-order valence-electron chi connectivity index (χ1n) is 4.46. The van der Waals surface area contributed by atoms with Crippen LogP contribution in [0.1, 0.15) is 33.1 Å². The fourth-order valence-electron chi connectivity index (χ4n) is 0.954. The van der Waals surface area contributed by atoms with Crippen molar-refractivity contribution < 1.29 is 4.21 Å². The van der Waals surface area contributed by atoms with E-state index >= 15 is 0 Å². The third-order valence-corrected chi connectivity index (χ3v) is 3.25. The van der Waals surface area contributed by atoms with Crippen molar-refractivity contribution in [3.63, 3.8) is 0 Å². The van der Waals surface area contributed by atoms with Gasteiger partial charge >= 0.3 is 0 Å². The van der Waals surface area contributed by atoms with Gasteiger partial charge in [-0.1, -0.05) is 0 Å². The molecule has 0 fully saturated rings. The molecule has 0 amide bonds. The zero-order chi connectivity index (χ0) is 10.3. The van der Waals surface area contributed by atoms with Crippen LogP contribution in [0.3, 0.4) is 0 Å². The number of rotatable bonds is 6. The number of unbranched alkanes of at least 4 members (excludes halogenated alkanes) is 2. The summed E-state index contributed by atoms with van der Waals surface area (Å²) in [6.07, 6.45) is 2.26. The smallest absolute Gasteiger partial charge is 0.0621 e. The highest BCUT2D eigenvalue weighted by molar-refractivity contribution is 7.85. The van der Waals surface area contributed by atoms with Crippen molar-refractivity contribution in [1.29, 1.82) is 5.26 Å². The van der Waals surface area contributed by atoms with Crippen LogP contribution in [0.5, 0.6) is 0 Å². The van der Waals surface area contributed by atoms with Gasteiger partial charge in [0.1, 0.15) is 0 Å². The molecule has 0 aliphatic carbocycles. The van der Waals surface area contributed by atoms with Crippen molar-refractivity contribution in [3.05, 3.63) is 0 Å². The molecule has 1 unspecified atom stereocenters. The fraction of sp³-hybridized carbons (Fsp3) is 0.889. The number of nitriles is 1. The maximum Gasteiger partial charge on any atom is 0.0621 e. The molecule has 3 nitrogen and oxygen atoms in total. The Bertz CT molecular complexity index is 203. The van der Waals surface area contributed by atoms with Crippen LogP contribution in [0.15, 0.2) is 0 Å². The van der Waals surface area contributed by atoms with Crippen LogP contribution in [0.4, 0.5) is 0 Å². The van der Waals surface area contributed by atoms with Gasteiger partial charge in [-0.3, -0.25) is 4.21 Å². The summed E-state index contributed by atoms with van der Waals surface area (Å²) in [4.78, 5) is 0. The predicted octanol–water partition coefficient (Wildman–Crippen LogP) is 1.17. The molecule has 13 heavy (non-hydrogen) atoms. The Labute approximate surface area is 82.8 Å². The van der Waals surface area contributed by atoms with Crippen LogP contribution in [0, 0.1) is 11.3 Å². The van der Waals surface area contributed by atoms with Crippen LogP contribution in [-0.4, -0.2) is 21.3 Å². The highest BCUT2D eigenvalue weighted by atomic mass is 32.2. The van der Waals surface area contributed by atoms with Gasteiger partial charge in [0.25, 0.3) is 0 Å². The van der Waals surface area contributed by atoms with Gasteiger partial charge in [-0.2, -0.15) is 5.26 Å². The van der Waals surface area contributed by atoms with Gasteiger partial charge in [0, 0.05) is 34.3 Å². The Morgan fingerprint density at radius 1 is 1.46 bits per heavy atom. The van der Waals surface area contributed by atoms with E-state index in [2.05, 4.69) is 6.07 Å². The van der Waals surface area contributed by atoms with Gasteiger partial charge < -0.3 is 5.73 Å². The highest BCUT2D eigenvalue weighted by Crippen LogP contribution is 2.03. The average Bonchev–Trinajstić information content (AvgIpc) is 1.94. The molecule has 0 bridgehead atoms. The number of hydrogen-bond donors (Lipinski definition) is 1. The topological polar surface area (TPSA) is 66.9 Å². The van der Waals surface area contributed by atoms with Gasteiger partial charge in [0.2, 0.25) is 0 Å².